The highest BCUT2D eigenvalue weighted by atomic mass is 19.1. The minimum atomic E-state index is -0.262. The van der Waals surface area contributed by atoms with E-state index in [4.69, 9.17) is 0 Å². The Kier molecular flexibility index (Phi) is 2.48. The molecule has 1 aliphatic heterocycles. The standard InChI is InChI=1S/C10H15FN3/c1-12-14(4-2-3-5-14)10-6-9(11)7-13-8-10/h6-8,12H,2-5H2,1H3/q+1. The van der Waals surface area contributed by atoms with Crippen LogP contribution in [0, 0.1) is 5.82 Å². The Balaban J connectivity index is 2.35. The summed E-state index contributed by atoms with van der Waals surface area (Å²) in [6.07, 6.45) is 5.34. The maximum absolute atomic E-state index is 13.0. The van der Waals surface area contributed by atoms with Gasteiger partial charge in [0.05, 0.1) is 12.4 Å². The summed E-state index contributed by atoms with van der Waals surface area (Å²) in [7, 11) is 1.91. The van der Waals surface area contributed by atoms with E-state index in [1.807, 2.05) is 7.05 Å². The van der Waals surface area contributed by atoms with Gasteiger partial charge in [-0.15, -0.1) is 0 Å². The lowest BCUT2D eigenvalue weighted by Gasteiger charge is -2.31. The Morgan fingerprint density at radius 2 is 2.07 bits per heavy atom. The highest BCUT2D eigenvalue weighted by Crippen LogP contribution is 2.26. The van der Waals surface area contributed by atoms with Crippen molar-refractivity contribution in [2.24, 2.45) is 0 Å². The Morgan fingerprint density at radius 1 is 1.36 bits per heavy atom. The van der Waals surface area contributed by atoms with Crippen molar-refractivity contribution in [2.45, 2.75) is 12.8 Å². The summed E-state index contributed by atoms with van der Waals surface area (Å²) in [5.41, 5.74) is 4.17. The van der Waals surface area contributed by atoms with Crippen LogP contribution in [0.4, 0.5) is 10.1 Å². The van der Waals surface area contributed by atoms with E-state index in [1.54, 1.807) is 12.3 Å². The molecule has 0 atom stereocenters. The summed E-state index contributed by atoms with van der Waals surface area (Å²) in [5.74, 6) is -0.262. The molecule has 0 unspecified atom stereocenters. The Bertz CT molecular complexity index is 321. The van der Waals surface area contributed by atoms with E-state index in [2.05, 4.69) is 10.4 Å². The van der Waals surface area contributed by atoms with Crippen LogP contribution in [0.1, 0.15) is 12.8 Å². The first kappa shape index (κ1) is 9.55. The monoisotopic (exact) mass is 196 g/mol. The third kappa shape index (κ3) is 1.51. The van der Waals surface area contributed by atoms with E-state index < -0.39 is 0 Å². The molecular weight excluding hydrogens is 181 g/mol. The number of pyridine rings is 1. The second kappa shape index (κ2) is 3.63. The van der Waals surface area contributed by atoms with Gasteiger partial charge in [0.25, 0.3) is 0 Å². The maximum atomic E-state index is 13.0. The second-order valence-corrected chi connectivity index (χ2v) is 3.71. The van der Waals surface area contributed by atoms with E-state index in [9.17, 15) is 4.39 Å². The zero-order valence-electron chi connectivity index (χ0n) is 8.33. The highest BCUT2D eigenvalue weighted by molar-refractivity contribution is 5.39. The minimum Gasteiger partial charge on any atom is -0.255 e. The van der Waals surface area contributed by atoms with Gasteiger partial charge in [0.15, 0.2) is 5.69 Å². The largest absolute Gasteiger partial charge is 0.255 e. The zero-order chi connectivity index (χ0) is 10.0. The summed E-state index contributed by atoms with van der Waals surface area (Å²) in [4.78, 5) is 3.89. The van der Waals surface area contributed by atoms with Gasteiger partial charge in [0, 0.05) is 26.0 Å². The smallest absolute Gasteiger partial charge is 0.173 e. The van der Waals surface area contributed by atoms with E-state index in [0.29, 0.717) is 4.59 Å². The summed E-state index contributed by atoms with van der Waals surface area (Å²) >= 11 is 0. The SMILES string of the molecule is CN[N+]1(c2cncc(F)c2)CCCC1. The lowest BCUT2D eigenvalue weighted by Crippen LogP contribution is -2.55. The number of quaternary nitrogens is 1. The normalized spacial score (nSPS) is 19.9. The number of rotatable bonds is 2. The molecule has 0 radical (unpaired) electrons. The lowest BCUT2D eigenvalue weighted by molar-refractivity contribution is 0.258. The van der Waals surface area contributed by atoms with Gasteiger partial charge >= 0.3 is 0 Å². The number of hydrogen-bond donors (Lipinski definition) is 1. The van der Waals surface area contributed by atoms with Crippen LogP contribution in [0.15, 0.2) is 18.5 Å². The summed E-state index contributed by atoms with van der Waals surface area (Å²) in [6, 6.07) is 1.56. The van der Waals surface area contributed by atoms with Crippen LogP contribution in [0.5, 0.6) is 0 Å². The predicted molar refractivity (Wildman–Crippen MR) is 54.0 cm³/mol. The fourth-order valence-electron chi connectivity index (χ4n) is 2.12. The van der Waals surface area contributed by atoms with Crippen molar-refractivity contribution in [3.05, 3.63) is 24.3 Å². The van der Waals surface area contributed by atoms with Gasteiger partial charge in [0.2, 0.25) is 0 Å². The first-order valence-electron chi connectivity index (χ1n) is 4.94. The van der Waals surface area contributed by atoms with E-state index >= 15 is 0 Å². The molecule has 0 saturated carbocycles. The molecule has 1 N–H and O–H groups in total. The van der Waals surface area contributed by atoms with Crippen LogP contribution in [0.25, 0.3) is 0 Å². The fourth-order valence-corrected chi connectivity index (χ4v) is 2.12. The van der Waals surface area contributed by atoms with Crippen LogP contribution in [0.2, 0.25) is 0 Å². The van der Waals surface area contributed by atoms with Crippen LogP contribution < -0.4 is 10.0 Å². The van der Waals surface area contributed by atoms with Crippen LogP contribution in [-0.4, -0.2) is 25.1 Å². The molecule has 0 aliphatic carbocycles. The average molecular weight is 196 g/mol. The van der Waals surface area contributed by atoms with Crippen LogP contribution in [-0.2, 0) is 0 Å². The van der Waals surface area contributed by atoms with Gasteiger partial charge in [-0.1, -0.05) is 0 Å². The van der Waals surface area contributed by atoms with E-state index in [1.165, 1.54) is 19.0 Å². The number of hydrogen-bond acceptors (Lipinski definition) is 2. The molecule has 0 aromatic carbocycles. The van der Waals surface area contributed by atoms with Crippen molar-refractivity contribution >= 4 is 5.69 Å². The predicted octanol–water partition coefficient (Wildman–Crippen LogP) is 1.46. The molecule has 76 valence electrons. The van der Waals surface area contributed by atoms with Gasteiger partial charge in [-0.3, -0.25) is 4.98 Å². The third-order valence-electron chi connectivity index (χ3n) is 2.94. The van der Waals surface area contributed by atoms with Gasteiger partial charge < -0.3 is 0 Å². The molecule has 1 aliphatic rings. The summed E-state index contributed by atoms with van der Waals surface area (Å²) in [5, 5.41) is 0. The van der Waals surface area contributed by atoms with Crippen molar-refractivity contribution < 1.29 is 4.39 Å². The van der Waals surface area contributed by atoms with Crippen LogP contribution in [0.3, 0.4) is 0 Å². The molecule has 0 spiro atoms. The molecule has 14 heavy (non-hydrogen) atoms. The van der Waals surface area contributed by atoms with Gasteiger partial charge in [-0.25, -0.2) is 8.98 Å². The molecule has 0 bridgehead atoms. The topological polar surface area (TPSA) is 24.9 Å². The summed E-state index contributed by atoms with van der Waals surface area (Å²) in [6.45, 7) is 2.03. The number of halogens is 1. The Labute approximate surface area is 83.1 Å². The third-order valence-corrected chi connectivity index (χ3v) is 2.94. The van der Waals surface area contributed by atoms with Crippen molar-refractivity contribution in [3.63, 3.8) is 0 Å². The first-order chi connectivity index (χ1) is 6.77. The molecule has 3 nitrogen and oxygen atoms in total. The molecule has 0 amide bonds. The number of nitrogens with one attached hydrogen (secondary N) is 1. The molecule has 2 rings (SSSR count). The van der Waals surface area contributed by atoms with Gasteiger partial charge in [-0.2, -0.15) is 5.43 Å². The Hall–Kier alpha value is -1.00. The van der Waals surface area contributed by atoms with Gasteiger partial charge in [-0.05, 0) is 0 Å². The Morgan fingerprint density at radius 3 is 2.64 bits per heavy atom. The number of nitrogens with zero attached hydrogens (tertiary/aromatic N) is 2. The summed E-state index contributed by atoms with van der Waals surface area (Å²) < 4.78 is 13.7. The zero-order valence-corrected chi connectivity index (χ0v) is 8.33. The maximum Gasteiger partial charge on any atom is 0.173 e. The van der Waals surface area contributed by atoms with Crippen LogP contribution >= 0.6 is 0 Å². The number of aromatic nitrogens is 1. The molecule has 1 aromatic heterocycles. The molecular formula is C10H15FN3+. The molecule has 1 fully saturated rings. The fraction of sp³-hybridized carbons (Fsp3) is 0.500. The molecule has 4 heteroatoms. The van der Waals surface area contributed by atoms with Crippen molar-refractivity contribution in [3.8, 4) is 0 Å². The minimum absolute atomic E-state index is 0.262. The second-order valence-electron chi connectivity index (χ2n) is 3.71. The molecule has 1 saturated heterocycles. The van der Waals surface area contributed by atoms with Crippen molar-refractivity contribution in [1.82, 2.24) is 15.0 Å². The highest BCUT2D eigenvalue weighted by Gasteiger charge is 2.34. The van der Waals surface area contributed by atoms with E-state index in [0.717, 1.165) is 18.8 Å². The first-order valence-corrected chi connectivity index (χ1v) is 4.94. The van der Waals surface area contributed by atoms with Crippen molar-refractivity contribution in [1.29, 1.82) is 0 Å². The molecule has 2 heterocycles. The van der Waals surface area contributed by atoms with Gasteiger partial charge in [0.1, 0.15) is 18.9 Å². The lowest BCUT2D eigenvalue weighted by atomic mass is 10.3. The quantitative estimate of drug-likeness (QED) is 0.724. The van der Waals surface area contributed by atoms with Crippen molar-refractivity contribution in [2.75, 3.05) is 20.1 Å². The molecule has 1 aromatic rings. The van der Waals surface area contributed by atoms with E-state index in [-0.39, 0.29) is 5.82 Å². The average Bonchev–Trinajstić information content (AvgIpc) is 2.67.